The Kier molecular flexibility index (Phi) is 6.71. The third-order valence-corrected chi connectivity index (χ3v) is 7.20. The molecule has 27 heavy (non-hydrogen) atoms. The van der Waals surface area contributed by atoms with Crippen LogP contribution in [0.1, 0.15) is 30.7 Å². The predicted octanol–water partition coefficient (Wildman–Crippen LogP) is 2.31. The number of halogens is 1. The molecule has 2 N–H and O–H groups in total. The molecule has 1 unspecified atom stereocenters. The molecule has 7 heteroatoms. The molecule has 0 bridgehead atoms. The fraction of sp³-hybridized carbons (Fsp3) is 0.600. The van der Waals surface area contributed by atoms with Gasteiger partial charge >= 0.3 is 0 Å². The summed E-state index contributed by atoms with van der Waals surface area (Å²) < 4.78 is 0. The van der Waals surface area contributed by atoms with Gasteiger partial charge in [-0.3, -0.25) is 9.59 Å². The van der Waals surface area contributed by atoms with Crippen LogP contribution < -0.4 is 5.73 Å². The first-order chi connectivity index (χ1) is 12.7. The highest BCUT2D eigenvalue weighted by Gasteiger charge is 2.43. The number of benzene rings is 1. The molecule has 0 aromatic heterocycles. The summed E-state index contributed by atoms with van der Waals surface area (Å²) in [6, 6.07) is 10.1. The van der Waals surface area contributed by atoms with E-state index in [1.165, 1.54) is 5.56 Å². The average molecular weight is 410 g/mol. The van der Waals surface area contributed by atoms with Crippen molar-refractivity contribution >= 4 is 36.0 Å². The minimum Gasteiger partial charge on any atom is -0.340 e. The van der Waals surface area contributed by atoms with Crippen molar-refractivity contribution in [1.82, 2.24) is 9.80 Å². The molecule has 1 saturated carbocycles. The molecule has 3 fully saturated rings. The van der Waals surface area contributed by atoms with Gasteiger partial charge in [-0.05, 0) is 30.9 Å². The van der Waals surface area contributed by atoms with Crippen molar-refractivity contribution in [2.45, 2.75) is 31.2 Å². The summed E-state index contributed by atoms with van der Waals surface area (Å²) in [5.41, 5.74) is 7.26. The first-order valence-corrected chi connectivity index (χ1v) is 10.8. The second kappa shape index (κ2) is 8.84. The smallest absolute Gasteiger partial charge is 0.246 e. The molecule has 2 heterocycles. The maximum atomic E-state index is 13.2. The Balaban J connectivity index is 0.00000210. The van der Waals surface area contributed by atoms with Crippen LogP contribution in [0.2, 0.25) is 0 Å². The van der Waals surface area contributed by atoms with Gasteiger partial charge in [-0.25, -0.2) is 0 Å². The first-order valence-electron chi connectivity index (χ1n) is 9.61. The predicted molar refractivity (Wildman–Crippen MR) is 111 cm³/mol. The summed E-state index contributed by atoms with van der Waals surface area (Å²) in [4.78, 5) is 29.7. The van der Waals surface area contributed by atoms with E-state index >= 15 is 0 Å². The van der Waals surface area contributed by atoms with E-state index in [2.05, 4.69) is 12.1 Å². The molecule has 1 aromatic rings. The van der Waals surface area contributed by atoms with Crippen LogP contribution in [-0.4, -0.2) is 58.9 Å². The van der Waals surface area contributed by atoms with E-state index in [1.807, 2.05) is 28.0 Å². The molecule has 4 rings (SSSR count). The molecule has 0 spiro atoms. The van der Waals surface area contributed by atoms with Crippen LogP contribution in [0, 0.1) is 11.8 Å². The normalized spacial score (nSPS) is 28.0. The van der Waals surface area contributed by atoms with Crippen molar-refractivity contribution in [2.24, 2.45) is 17.6 Å². The number of likely N-dealkylation sites (tertiary alicyclic amines) is 1. The SMILES string of the molecule is Cl.NC[C@@H]1CN(C(=O)C2CSCN2C(=O)C2CCC2)C[C@H]1c1ccccc1. The van der Waals surface area contributed by atoms with Crippen LogP contribution in [0.15, 0.2) is 30.3 Å². The number of carbonyl (C=O) groups excluding carboxylic acids is 2. The molecule has 3 aliphatic rings. The third-order valence-electron chi connectivity index (χ3n) is 6.19. The van der Waals surface area contributed by atoms with Gasteiger partial charge in [-0.1, -0.05) is 36.8 Å². The first kappa shape index (κ1) is 20.5. The lowest BCUT2D eigenvalue weighted by molar-refractivity contribution is -0.146. The van der Waals surface area contributed by atoms with Crippen molar-refractivity contribution in [3.8, 4) is 0 Å². The van der Waals surface area contributed by atoms with E-state index in [0.29, 0.717) is 25.5 Å². The summed E-state index contributed by atoms with van der Waals surface area (Å²) in [6.45, 7) is 1.98. The molecule has 2 amide bonds. The van der Waals surface area contributed by atoms with Gasteiger partial charge in [0.25, 0.3) is 0 Å². The van der Waals surface area contributed by atoms with Gasteiger partial charge in [0.1, 0.15) is 6.04 Å². The fourth-order valence-electron chi connectivity index (χ4n) is 4.33. The minimum absolute atomic E-state index is 0. The van der Waals surface area contributed by atoms with Crippen molar-refractivity contribution in [3.63, 3.8) is 0 Å². The van der Waals surface area contributed by atoms with Crippen LogP contribution in [0.3, 0.4) is 0 Å². The third kappa shape index (κ3) is 3.98. The van der Waals surface area contributed by atoms with E-state index in [0.717, 1.165) is 25.0 Å². The largest absolute Gasteiger partial charge is 0.340 e. The molecule has 0 radical (unpaired) electrons. The Hall–Kier alpha value is -1.24. The average Bonchev–Trinajstić information content (AvgIpc) is 3.27. The van der Waals surface area contributed by atoms with Gasteiger partial charge in [0.2, 0.25) is 11.8 Å². The van der Waals surface area contributed by atoms with E-state index in [4.69, 9.17) is 5.73 Å². The zero-order chi connectivity index (χ0) is 18.1. The van der Waals surface area contributed by atoms with Gasteiger partial charge in [0, 0.05) is 30.7 Å². The molecule has 1 aromatic carbocycles. The highest BCUT2D eigenvalue weighted by atomic mass is 35.5. The number of amides is 2. The van der Waals surface area contributed by atoms with Crippen LogP contribution in [-0.2, 0) is 9.59 Å². The van der Waals surface area contributed by atoms with Crippen molar-refractivity contribution in [3.05, 3.63) is 35.9 Å². The monoisotopic (exact) mass is 409 g/mol. The van der Waals surface area contributed by atoms with Gasteiger partial charge in [-0.2, -0.15) is 0 Å². The molecule has 3 atom stereocenters. The Bertz CT molecular complexity index is 670. The zero-order valence-corrected chi connectivity index (χ0v) is 17.1. The van der Waals surface area contributed by atoms with E-state index < -0.39 is 0 Å². The van der Waals surface area contributed by atoms with Gasteiger partial charge in [0.15, 0.2) is 0 Å². The van der Waals surface area contributed by atoms with E-state index in [9.17, 15) is 9.59 Å². The number of hydrogen-bond acceptors (Lipinski definition) is 4. The molecule has 2 aliphatic heterocycles. The lowest BCUT2D eigenvalue weighted by Gasteiger charge is -2.33. The number of nitrogens with two attached hydrogens (primary N) is 1. The summed E-state index contributed by atoms with van der Waals surface area (Å²) >= 11 is 1.69. The maximum Gasteiger partial charge on any atom is 0.246 e. The maximum absolute atomic E-state index is 13.2. The van der Waals surface area contributed by atoms with Crippen LogP contribution in [0.5, 0.6) is 0 Å². The summed E-state index contributed by atoms with van der Waals surface area (Å²) in [5.74, 6) is 2.39. The minimum atomic E-state index is -0.291. The summed E-state index contributed by atoms with van der Waals surface area (Å²) in [5, 5.41) is 0. The number of carbonyl (C=O) groups is 2. The lowest BCUT2D eigenvalue weighted by Crippen LogP contribution is -2.50. The van der Waals surface area contributed by atoms with Crippen LogP contribution in [0.25, 0.3) is 0 Å². The lowest BCUT2D eigenvalue weighted by atomic mass is 9.84. The number of rotatable bonds is 4. The quantitative estimate of drug-likeness (QED) is 0.828. The molecular formula is C20H28ClN3O2S. The molecule has 148 valence electrons. The van der Waals surface area contributed by atoms with Crippen molar-refractivity contribution in [2.75, 3.05) is 31.3 Å². The van der Waals surface area contributed by atoms with Gasteiger partial charge in [-0.15, -0.1) is 24.2 Å². The number of hydrogen-bond donors (Lipinski definition) is 1. The Morgan fingerprint density at radius 1 is 1.11 bits per heavy atom. The van der Waals surface area contributed by atoms with Crippen molar-refractivity contribution in [1.29, 1.82) is 0 Å². The highest BCUT2D eigenvalue weighted by Crippen LogP contribution is 2.35. The van der Waals surface area contributed by atoms with Gasteiger partial charge in [0.05, 0.1) is 5.88 Å². The summed E-state index contributed by atoms with van der Waals surface area (Å²) in [7, 11) is 0. The van der Waals surface area contributed by atoms with Crippen molar-refractivity contribution < 1.29 is 9.59 Å². The Labute approximate surface area is 171 Å². The zero-order valence-electron chi connectivity index (χ0n) is 15.5. The number of nitrogens with zero attached hydrogens (tertiary/aromatic N) is 2. The Morgan fingerprint density at radius 3 is 2.48 bits per heavy atom. The van der Waals surface area contributed by atoms with Crippen LogP contribution in [0.4, 0.5) is 0 Å². The molecule has 5 nitrogen and oxygen atoms in total. The topological polar surface area (TPSA) is 66.6 Å². The summed E-state index contributed by atoms with van der Waals surface area (Å²) in [6.07, 6.45) is 3.10. The molecule has 2 saturated heterocycles. The molecule has 1 aliphatic carbocycles. The second-order valence-electron chi connectivity index (χ2n) is 7.71. The Morgan fingerprint density at radius 2 is 1.85 bits per heavy atom. The van der Waals surface area contributed by atoms with Crippen LogP contribution >= 0.6 is 24.2 Å². The van der Waals surface area contributed by atoms with Gasteiger partial charge < -0.3 is 15.5 Å². The van der Waals surface area contributed by atoms with E-state index in [1.54, 1.807) is 11.8 Å². The number of thioether (sulfide) groups is 1. The molecular weight excluding hydrogens is 382 g/mol. The fourth-order valence-corrected chi connectivity index (χ4v) is 5.49. The highest BCUT2D eigenvalue weighted by molar-refractivity contribution is 7.99. The second-order valence-corrected chi connectivity index (χ2v) is 8.71. The standard InChI is InChI=1S/C20H27N3O2S.ClH/c21-9-16-10-22(11-17(16)14-5-2-1-3-6-14)20(25)18-12-26-13-23(18)19(24)15-7-4-8-15;/h1-3,5-6,15-18H,4,7-13,21H2;1H/t16-,17+,18?;/m1./s1. The van der Waals surface area contributed by atoms with E-state index in [-0.39, 0.29) is 48.0 Å².